The highest BCUT2D eigenvalue weighted by atomic mass is 16.1. The third kappa shape index (κ3) is 4.79. The molecule has 0 heterocycles. The normalized spacial score (nSPS) is 37.4. The Morgan fingerprint density at radius 3 is 2.32 bits per heavy atom. The molecular formula is C33H48N2O3. The van der Waals surface area contributed by atoms with Gasteiger partial charge in [0, 0.05) is 10.8 Å². The standard InChI is InChI=1S/C33H48N2O3/c1-22-18-28(3,4)13-15-33(22,35-21-36)16-14-29(5,6)32(10)12-11-25-30(7,8)27(38)24(20-34)19-31(25,9)26(32)17-23(2)37/h17,19,22,25H,11-16,18H2,1-10H3/b26-17-/t22?,25-,31-,32+,33-/m0/s1. The van der Waals surface area contributed by atoms with E-state index >= 15 is 0 Å². The molecule has 2 saturated carbocycles. The van der Waals surface area contributed by atoms with Crippen LogP contribution in [0.15, 0.2) is 28.3 Å². The molecule has 0 saturated heterocycles. The minimum absolute atomic E-state index is 0.000628. The summed E-state index contributed by atoms with van der Waals surface area (Å²) < 4.78 is 0. The predicted octanol–water partition coefficient (Wildman–Crippen LogP) is 7.71. The monoisotopic (exact) mass is 520 g/mol. The topological polar surface area (TPSA) is 87.4 Å². The van der Waals surface area contributed by atoms with Gasteiger partial charge in [-0.25, -0.2) is 4.79 Å². The smallest absolute Gasteiger partial charge is 0.235 e. The van der Waals surface area contributed by atoms with Gasteiger partial charge in [-0.2, -0.15) is 10.3 Å². The van der Waals surface area contributed by atoms with Gasteiger partial charge in [-0.15, -0.1) is 0 Å². The first kappa shape index (κ1) is 30.2. The van der Waals surface area contributed by atoms with Gasteiger partial charge >= 0.3 is 0 Å². The minimum Gasteiger partial charge on any atom is -0.295 e. The SMILES string of the molecule is CC(=O)/C=C1/[C@@]2(C)C=C(C#N)C(=O)C(C)(C)[C@@H]2CC[C@@]1(C)C(C)(C)CC[C@@]1(N=C=O)CCC(C)(C)CC1C. The Kier molecular flexibility index (Phi) is 7.72. The molecule has 0 aromatic rings. The first-order valence-corrected chi connectivity index (χ1v) is 14.3. The quantitative estimate of drug-likeness (QED) is 0.204. The second-order valence-corrected chi connectivity index (χ2v) is 15.1. The van der Waals surface area contributed by atoms with Crippen molar-refractivity contribution in [3.05, 3.63) is 23.3 Å². The zero-order valence-electron chi connectivity index (χ0n) is 25.4. The highest BCUT2D eigenvalue weighted by molar-refractivity contribution is 6.04. The number of carbonyl (C=O) groups excluding carboxylic acids is 3. The average Bonchev–Trinajstić information content (AvgIpc) is 2.79. The van der Waals surface area contributed by atoms with Crippen LogP contribution in [0.25, 0.3) is 0 Å². The molecule has 3 aliphatic carbocycles. The van der Waals surface area contributed by atoms with E-state index in [0.717, 1.165) is 50.5 Å². The molecule has 0 radical (unpaired) electrons. The molecule has 2 fully saturated rings. The number of hydrogen-bond donors (Lipinski definition) is 0. The maximum absolute atomic E-state index is 13.2. The molecule has 5 nitrogen and oxygen atoms in total. The van der Waals surface area contributed by atoms with E-state index in [4.69, 9.17) is 0 Å². The predicted molar refractivity (Wildman–Crippen MR) is 151 cm³/mol. The van der Waals surface area contributed by atoms with E-state index in [2.05, 4.69) is 59.5 Å². The maximum Gasteiger partial charge on any atom is 0.235 e. The summed E-state index contributed by atoms with van der Waals surface area (Å²) in [5.41, 5.74) is -0.802. The van der Waals surface area contributed by atoms with Gasteiger partial charge in [0.2, 0.25) is 6.08 Å². The van der Waals surface area contributed by atoms with Gasteiger partial charge in [-0.05, 0) is 86.0 Å². The zero-order valence-corrected chi connectivity index (χ0v) is 25.4. The van der Waals surface area contributed by atoms with Crippen LogP contribution in [0.4, 0.5) is 0 Å². The molecule has 5 heteroatoms. The molecule has 0 aromatic carbocycles. The third-order valence-corrected chi connectivity index (χ3v) is 11.4. The van der Waals surface area contributed by atoms with Gasteiger partial charge in [0.05, 0.1) is 11.1 Å². The van der Waals surface area contributed by atoms with Gasteiger partial charge in [-0.1, -0.05) is 74.0 Å². The molecule has 0 aromatic heterocycles. The van der Waals surface area contributed by atoms with Crippen molar-refractivity contribution in [1.29, 1.82) is 5.26 Å². The number of isocyanates is 1. The number of hydrogen-bond acceptors (Lipinski definition) is 5. The van der Waals surface area contributed by atoms with Crippen molar-refractivity contribution >= 4 is 17.6 Å². The fourth-order valence-electron chi connectivity index (χ4n) is 8.52. The van der Waals surface area contributed by atoms with Gasteiger partial charge in [0.25, 0.3) is 0 Å². The molecule has 0 N–H and O–H groups in total. The summed E-state index contributed by atoms with van der Waals surface area (Å²) in [6, 6.07) is 2.16. The van der Waals surface area contributed by atoms with Crippen molar-refractivity contribution in [3.8, 4) is 6.07 Å². The molecule has 0 aliphatic heterocycles. The van der Waals surface area contributed by atoms with E-state index in [1.165, 1.54) is 0 Å². The maximum atomic E-state index is 13.2. The number of ketones is 2. The first-order valence-electron chi connectivity index (χ1n) is 14.3. The first-order chi connectivity index (χ1) is 17.3. The van der Waals surface area contributed by atoms with Crippen LogP contribution in [-0.4, -0.2) is 23.2 Å². The van der Waals surface area contributed by atoms with E-state index in [9.17, 15) is 19.6 Å². The van der Waals surface area contributed by atoms with Gasteiger partial charge < -0.3 is 0 Å². The molecule has 3 aliphatic rings. The lowest BCUT2D eigenvalue weighted by atomic mass is 9.42. The second-order valence-electron chi connectivity index (χ2n) is 15.1. The molecule has 1 unspecified atom stereocenters. The minimum atomic E-state index is -0.691. The van der Waals surface area contributed by atoms with Crippen molar-refractivity contribution in [1.82, 2.24) is 0 Å². The van der Waals surface area contributed by atoms with E-state index in [1.54, 1.807) is 13.0 Å². The number of nitriles is 1. The Morgan fingerprint density at radius 2 is 1.79 bits per heavy atom. The third-order valence-electron chi connectivity index (χ3n) is 11.4. The van der Waals surface area contributed by atoms with Crippen LogP contribution in [0.3, 0.4) is 0 Å². The molecule has 208 valence electrons. The van der Waals surface area contributed by atoms with Crippen molar-refractivity contribution in [3.63, 3.8) is 0 Å². The lowest BCUT2D eigenvalue weighted by molar-refractivity contribution is -0.131. The number of allylic oxidation sites excluding steroid dienone is 4. The van der Waals surface area contributed by atoms with E-state index < -0.39 is 16.4 Å². The summed E-state index contributed by atoms with van der Waals surface area (Å²) in [6.07, 6.45) is 11.8. The number of aliphatic imine (C=N–C) groups is 1. The number of Topliss-reactive ketones (excluding diaryl/α,β-unsaturated/α-hetero) is 1. The van der Waals surface area contributed by atoms with Gasteiger partial charge in [-0.3, -0.25) is 9.59 Å². The fraction of sp³-hybridized carbons (Fsp3) is 0.758. The Bertz CT molecular complexity index is 1160. The molecule has 3 rings (SSSR count). The largest absolute Gasteiger partial charge is 0.295 e. The Hall–Kier alpha value is -2.31. The molecule has 38 heavy (non-hydrogen) atoms. The van der Waals surface area contributed by atoms with Crippen LogP contribution in [0.5, 0.6) is 0 Å². The number of rotatable bonds is 6. The van der Waals surface area contributed by atoms with Crippen molar-refractivity contribution in [2.75, 3.05) is 0 Å². The van der Waals surface area contributed by atoms with Crippen molar-refractivity contribution in [2.24, 2.45) is 43.9 Å². The summed E-state index contributed by atoms with van der Waals surface area (Å²) in [7, 11) is 0. The number of carbonyl (C=O) groups is 2. The van der Waals surface area contributed by atoms with Crippen molar-refractivity contribution < 1.29 is 14.4 Å². The molecule has 0 amide bonds. The van der Waals surface area contributed by atoms with Crippen molar-refractivity contribution in [2.45, 2.75) is 120 Å². The van der Waals surface area contributed by atoms with Crippen LogP contribution >= 0.6 is 0 Å². The molecular weight excluding hydrogens is 472 g/mol. The summed E-state index contributed by atoms with van der Waals surface area (Å²) in [4.78, 5) is 41.9. The molecule has 5 atom stereocenters. The zero-order chi connectivity index (χ0) is 28.9. The summed E-state index contributed by atoms with van der Waals surface area (Å²) in [5, 5.41) is 9.86. The lowest BCUT2D eigenvalue weighted by Crippen LogP contribution is -2.56. The highest BCUT2D eigenvalue weighted by Crippen LogP contribution is 2.67. The average molecular weight is 521 g/mol. The summed E-state index contributed by atoms with van der Waals surface area (Å²) in [6.45, 7) is 21.2. The Morgan fingerprint density at radius 1 is 1.16 bits per heavy atom. The Labute approximate surface area is 230 Å². The summed E-state index contributed by atoms with van der Waals surface area (Å²) in [5.74, 6) is 0.162. The van der Waals surface area contributed by atoms with E-state index in [0.29, 0.717) is 0 Å². The highest BCUT2D eigenvalue weighted by Gasteiger charge is 2.61. The second kappa shape index (κ2) is 9.71. The molecule has 0 spiro atoms. The lowest BCUT2D eigenvalue weighted by Gasteiger charge is -2.61. The van der Waals surface area contributed by atoms with E-state index in [-0.39, 0.29) is 45.2 Å². The summed E-state index contributed by atoms with van der Waals surface area (Å²) >= 11 is 0. The molecule has 0 bridgehead atoms. The Balaban J connectivity index is 2.08. The number of nitrogens with zero attached hydrogens (tertiary/aromatic N) is 2. The van der Waals surface area contributed by atoms with Crippen LogP contribution in [-0.2, 0) is 14.4 Å². The fourth-order valence-corrected chi connectivity index (χ4v) is 8.52. The van der Waals surface area contributed by atoms with E-state index in [1.807, 2.05) is 26.0 Å². The van der Waals surface area contributed by atoms with Crippen LogP contribution in [0.1, 0.15) is 114 Å². The van der Waals surface area contributed by atoms with Crippen LogP contribution in [0, 0.1) is 50.2 Å². The van der Waals surface area contributed by atoms with Gasteiger partial charge in [0.1, 0.15) is 6.07 Å². The van der Waals surface area contributed by atoms with Crippen LogP contribution in [0.2, 0.25) is 0 Å². The van der Waals surface area contributed by atoms with Crippen LogP contribution < -0.4 is 0 Å². The van der Waals surface area contributed by atoms with Gasteiger partial charge in [0.15, 0.2) is 11.6 Å². The number of fused-ring (bicyclic) bond motifs is 1.